The first-order valence-electron chi connectivity index (χ1n) is 8.03. The van der Waals surface area contributed by atoms with Crippen LogP contribution in [0.5, 0.6) is 0 Å². The number of likely N-dealkylation sites (tertiary alicyclic amines) is 1. The number of allylic oxidation sites excluding steroid dienone is 3. The van der Waals surface area contributed by atoms with Crippen LogP contribution in [0.1, 0.15) is 46.5 Å². The van der Waals surface area contributed by atoms with E-state index in [2.05, 4.69) is 26.1 Å². The maximum Gasteiger partial charge on any atom is 0.312 e. The highest BCUT2D eigenvalue weighted by Gasteiger charge is 2.28. The van der Waals surface area contributed by atoms with E-state index in [1.165, 1.54) is 17.6 Å². The van der Waals surface area contributed by atoms with E-state index in [1.807, 2.05) is 6.08 Å². The molecule has 0 aromatic carbocycles. The first-order chi connectivity index (χ1) is 10.3. The third-order valence-corrected chi connectivity index (χ3v) is 4.78. The van der Waals surface area contributed by atoms with E-state index < -0.39 is 6.03 Å². The van der Waals surface area contributed by atoms with Crippen molar-refractivity contribution >= 4 is 11.9 Å². The Morgan fingerprint density at radius 3 is 2.77 bits per heavy atom. The van der Waals surface area contributed by atoms with Crippen molar-refractivity contribution in [2.45, 2.75) is 52.5 Å². The molecule has 22 heavy (non-hydrogen) atoms. The Hall–Kier alpha value is -1.78. The molecule has 1 fully saturated rings. The molecule has 3 N–H and O–H groups in total. The summed E-state index contributed by atoms with van der Waals surface area (Å²) in [6.45, 7) is 7.84. The van der Waals surface area contributed by atoms with Gasteiger partial charge in [0, 0.05) is 25.2 Å². The second-order valence-corrected chi connectivity index (χ2v) is 7.04. The molecule has 1 atom stereocenters. The number of primary amides is 1. The van der Waals surface area contributed by atoms with Crippen molar-refractivity contribution in [1.29, 1.82) is 0 Å². The molecule has 0 aromatic heterocycles. The molecule has 0 bridgehead atoms. The number of hydrogen-bond acceptors (Lipinski definition) is 2. The molecule has 3 amide bonds. The highest BCUT2D eigenvalue weighted by molar-refractivity contribution is 5.88. The number of nitrogens with zero attached hydrogens (tertiary/aromatic N) is 1. The molecular formula is C17H27N3O2. The summed E-state index contributed by atoms with van der Waals surface area (Å²) < 4.78 is 0. The standard InChI is InChI=1S/C17H27N3O2/c1-12-5-4-9-17(2,3)14(12)6-7-15(21)20-10-8-13(11-20)19-16(18)22/h6-7,13H,4-5,8-11H2,1-3H3,(H3,18,19,22)/t13-/m1/s1. The summed E-state index contributed by atoms with van der Waals surface area (Å²) in [6, 6.07) is -0.554. The lowest BCUT2D eigenvalue weighted by atomic mass is 9.72. The highest BCUT2D eigenvalue weighted by Crippen LogP contribution is 2.40. The predicted octanol–water partition coefficient (Wildman–Crippen LogP) is 2.34. The zero-order valence-electron chi connectivity index (χ0n) is 13.8. The maximum atomic E-state index is 12.3. The van der Waals surface area contributed by atoms with Gasteiger partial charge < -0.3 is 16.0 Å². The second-order valence-electron chi connectivity index (χ2n) is 7.04. The summed E-state index contributed by atoms with van der Waals surface area (Å²) in [4.78, 5) is 24.9. The van der Waals surface area contributed by atoms with Gasteiger partial charge in [0.15, 0.2) is 0 Å². The van der Waals surface area contributed by atoms with Gasteiger partial charge in [-0.3, -0.25) is 4.79 Å². The predicted molar refractivity (Wildman–Crippen MR) is 87.2 cm³/mol. The topological polar surface area (TPSA) is 75.4 Å². The van der Waals surface area contributed by atoms with Gasteiger partial charge in [0.25, 0.3) is 0 Å². The van der Waals surface area contributed by atoms with Crippen molar-refractivity contribution in [1.82, 2.24) is 10.2 Å². The van der Waals surface area contributed by atoms with Crippen molar-refractivity contribution in [2.24, 2.45) is 11.1 Å². The molecule has 5 heteroatoms. The molecule has 0 radical (unpaired) electrons. The van der Waals surface area contributed by atoms with E-state index in [-0.39, 0.29) is 17.4 Å². The number of rotatable bonds is 3. The number of hydrogen-bond donors (Lipinski definition) is 2. The van der Waals surface area contributed by atoms with E-state index in [0.29, 0.717) is 13.1 Å². The van der Waals surface area contributed by atoms with Gasteiger partial charge in [0.2, 0.25) is 5.91 Å². The van der Waals surface area contributed by atoms with E-state index in [4.69, 9.17) is 5.73 Å². The lowest BCUT2D eigenvalue weighted by molar-refractivity contribution is -0.125. The molecule has 1 heterocycles. The zero-order valence-corrected chi connectivity index (χ0v) is 13.8. The van der Waals surface area contributed by atoms with Crippen LogP contribution in [0.3, 0.4) is 0 Å². The normalized spacial score (nSPS) is 24.9. The van der Waals surface area contributed by atoms with Crippen LogP contribution in [0.2, 0.25) is 0 Å². The highest BCUT2D eigenvalue weighted by atomic mass is 16.2. The molecule has 0 unspecified atom stereocenters. The van der Waals surface area contributed by atoms with Gasteiger partial charge >= 0.3 is 6.03 Å². The SMILES string of the molecule is CC1=C(C=CC(=O)N2CC[C@@H](NC(N)=O)C2)C(C)(C)CCC1. The number of urea groups is 1. The van der Waals surface area contributed by atoms with Crippen molar-refractivity contribution in [3.05, 3.63) is 23.3 Å². The fourth-order valence-electron chi connectivity index (χ4n) is 3.55. The molecular weight excluding hydrogens is 278 g/mol. The van der Waals surface area contributed by atoms with Crippen LogP contribution in [-0.4, -0.2) is 36.0 Å². The summed E-state index contributed by atoms with van der Waals surface area (Å²) >= 11 is 0. The Balaban J connectivity index is 1.99. The summed E-state index contributed by atoms with van der Waals surface area (Å²) in [5, 5.41) is 2.66. The molecule has 122 valence electrons. The van der Waals surface area contributed by atoms with Gasteiger partial charge in [-0.25, -0.2) is 4.79 Å². The Kier molecular flexibility index (Phi) is 4.94. The van der Waals surface area contributed by atoms with Crippen LogP contribution >= 0.6 is 0 Å². The van der Waals surface area contributed by atoms with Crippen LogP contribution in [0, 0.1) is 5.41 Å². The molecule has 2 aliphatic rings. The van der Waals surface area contributed by atoms with E-state index in [1.54, 1.807) is 11.0 Å². The molecule has 2 rings (SSSR count). The average molecular weight is 305 g/mol. The Morgan fingerprint density at radius 1 is 1.41 bits per heavy atom. The molecule has 5 nitrogen and oxygen atoms in total. The average Bonchev–Trinajstić information content (AvgIpc) is 2.84. The quantitative estimate of drug-likeness (QED) is 0.785. The zero-order chi connectivity index (χ0) is 16.3. The van der Waals surface area contributed by atoms with E-state index >= 15 is 0 Å². The lowest BCUT2D eigenvalue weighted by Crippen LogP contribution is -2.40. The molecule has 1 aliphatic carbocycles. The number of carbonyl (C=O) groups excluding carboxylic acids is 2. The minimum Gasteiger partial charge on any atom is -0.352 e. The number of nitrogens with two attached hydrogens (primary N) is 1. The largest absolute Gasteiger partial charge is 0.352 e. The summed E-state index contributed by atoms with van der Waals surface area (Å²) in [6.07, 6.45) is 7.93. The maximum absolute atomic E-state index is 12.3. The fourth-order valence-corrected chi connectivity index (χ4v) is 3.55. The van der Waals surface area contributed by atoms with Crippen molar-refractivity contribution in [2.75, 3.05) is 13.1 Å². The van der Waals surface area contributed by atoms with Crippen LogP contribution in [-0.2, 0) is 4.79 Å². The van der Waals surface area contributed by atoms with Crippen LogP contribution < -0.4 is 11.1 Å². The Labute approximate surface area is 132 Å². The molecule has 1 saturated heterocycles. The number of nitrogens with one attached hydrogen (secondary N) is 1. The lowest BCUT2D eigenvalue weighted by Gasteiger charge is -2.33. The number of amides is 3. The monoisotopic (exact) mass is 305 g/mol. The van der Waals surface area contributed by atoms with Crippen LogP contribution in [0.15, 0.2) is 23.3 Å². The van der Waals surface area contributed by atoms with Crippen molar-refractivity contribution < 1.29 is 9.59 Å². The van der Waals surface area contributed by atoms with E-state index in [0.717, 1.165) is 19.3 Å². The molecule has 0 saturated carbocycles. The van der Waals surface area contributed by atoms with Crippen LogP contribution in [0.25, 0.3) is 0 Å². The smallest absolute Gasteiger partial charge is 0.312 e. The minimum atomic E-state index is -0.528. The first kappa shape index (κ1) is 16.6. The minimum absolute atomic E-state index is 0.00967. The summed E-state index contributed by atoms with van der Waals surface area (Å²) in [5.41, 5.74) is 7.93. The van der Waals surface area contributed by atoms with Crippen molar-refractivity contribution in [3.63, 3.8) is 0 Å². The third kappa shape index (κ3) is 3.90. The van der Waals surface area contributed by atoms with Gasteiger partial charge in [0.05, 0.1) is 0 Å². The summed E-state index contributed by atoms with van der Waals surface area (Å²) in [7, 11) is 0. The second kappa shape index (κ2) is 6.55. The Bertz CT molecular complexity index is 520. The van der Waals surface area contributed by atoms with Gasteiger partial charge in [-0.15, -0.1) is 0 Å². The van der Waals surface area contributed by atoms with Gasteiger partial charge in [0.1, 0.15) is 0 Å². The van der Waals surface area contributed by atoms with Crippen molar-refractivity contribution in [3.8, 4) is 0 Å². The van der Waals surface area contributed by atoms with Gasteiger partial charge in [-0.05, 0) is 43.6 Å². The number of carbonyl (C=O) groups is 2. The van der Waals surface area contributed by atoms with E-state index in [9.17, 15) is 9.59 Å². The van der Waals surface area contributed by atoms with Crippen LogP contribution in [0.4, 0.5) is 4.79 Å². The summed E-state index contributed by atoms with van der Waals surface area (Å²) in [5.74, 6) is 0.00967. The molecule has 1 aliphatic heterocycles. The molecule has 0 aromatic rings. The fraction of sp³-hybridized carbons (Fsp3) is 0.647. The third-order valence-electron chi connectivity index (χ3n) is 4.78. The van der Waals surface area contributed by atoms with Gasteiger partial charge in [-0.2, -0.15) is 0 Å². The van der Waals surface area contributed by atoms with Gasteiger partial charge in [-0.1, -0.05) is 25.5 Å². The first-order valence-corrected chi connectivity index (χ1v) is 8.03. The molecule has 0 spiro atoms. The Morgan fingerprint density at radius 2 is 2.14 bits per heavy atom.